The van der Waals surface area contributed by atoms with Gasteiger partial charge < -0.3 is 5.32 Å². The third kappa shape index (κ3) is 3.33. The highest BCUT2D eigenvalue weighted by Crippen LogP contribution is 2.43. The van der Waals surface area contributed by atoms with Crippen LogP contribution in [0, 0.1) is 29.6 Å². The summed E-state index contributed by atoms with van der Waals surface area (Å²) in [5.74, 6) is 0.738. The van der Waals surface area contributed by atoms with Crippen LogP contribution in [0.2, 0.25) is 0 Å². The Labute approximate surface area is 123 Å². The molecular weight excluding hydrogens is 244 g/mol. The van der Waals surface area contributed by atoms with E-state index in [1.807, 2.05) is 12.1 Å². The van der Waals surface area contributed by atoms with Crippen LogP contribution < -0.4 is 5.32 Å². The Balaban J connectivity index is 2.13. The number of nitrogens with one attached hydrogen (secondary N) is 1. The number of hydrogen-bond donors (Lipinski definition) is 1. The lowest BCUT2D eigenvalue weighted by Crippen LogP contribution is -2.29. The van der Waals surface area contributed by atoms with Gasteiger partial charge in [-0.1, -0.05) is 38.8 Å². The van der Waals surface area contributed by atoms with Crippen LogP contribution in [0.4, 0.5) is 5.69 Å². The molecule has 0 heterocycles. The highest BCUT2D eigenvalue weighted by Gasteiger charge is 2.34. The van der Waals surface area contributed by atoms with Crippen LogP contribution in [-0.4, -0.2) is 6.54 Å². The maximum Gasteiger partial charge on any atom is 0.101 e. The summed E-state index contributed by atoms with van der Waals surface area (Å²) < 4.78 is 0. The van der Waals surface area contributed by atoms with Crippen molar-refractivity contribution in [2.75, 3.05) is 11.9 Å². The molecule has 2 heteroatoms. The number of rotatable bonds is 5. The summed E-state index contributed by atoms with van der Waals surface area (Å²) in [6.45, 7) is 7.71. The molecule has 1 aliphatic rings. The smallest absolute Gasteiger partial charge is 0.101 e. The second-order valence-corrected chi connectivity index (χ2v) is 6.77. The number of para-hydroxylation sites is 1. The molecule has 1 N–H and O–H groups in total. The van der Waals surface area contributed by atoms with Crippen molar-refractivity contribution >= 4 is 5.69 Å². The topological polar surface area (TPSA) is 35.8 Å². The van der Waals surface area contributed by atoms with Gasteiger partial charge in [-0.25, -0.2) is 0 Å². The molecule has 108 valence electrons. The second-order valence-electron chi connectivity index (χ2n) is 6.77. The molecule has 2 nitrogen and oxygen atoms in total. The maximum absolute atomic E-state index is 9.25. The Morgan fingerprint density at radius 2 is 2.00 bits per heavy atom. The third-order valence-electron chi connectivity index (χ3n) is 4.54. The first kappa shape index (κ1) is 14.9. The summed E-state index contributed by atoms with van der Waals surface area (Å²) in [4.78, 5) is 0. The summed E-state index contributed by atoms with van der Waals surface area (Å²) in [6, 6.07) is 8.24. The van der Waals surface area contributed by atoms with Crippen LogP contribution in [0.15, 0.2) is 18.2 Å². The number of nitrogens with zero attached hydrogens (tertiary/aromatic N) is 1. The van der Waals surface area contributed by atoms with Gasteiger partial charge in [-0.2, -0.15) is 5.26 Å². The average molecular weight is 270 g/mol. The van der Waals surface area contributed by atoms with Crippen molar-refractivity contribution in [2.24, 2.45) is 11.3 Å². The summed E-state index contributed by atoms with van der Waals surface area (Å²) in [6.07, 6.45) is 6.65. The lowest BCUT2D eigenvalue weighted by molar-refractivity contribution is 0.252. The molecule has 1 saturated carbocycles. The molecular formula is C18H26N2. The van der Waals surface area contributed by atoms with E-state index >= 15 is 0 Å². The van der Waals surface area contributed by atoms with Crippen molar-refractivity contribution in [3.63, 3.8) is 0 Å². The standard InChI is InChI=1S/C18H26N2/c1-14(2)11-18(9-4-5-10-18)13-20-17-15(3)7-6-8-16(17)12-19/h6-8,14,20H,4-5,9-11,13H2,1-3H3. The largest absolute Gasteiger partial charge is 0.383 e. The molecule has 1 aliphatic carbocycles. The third-order valence-corrected chi connectivity index (χ3v) is 4.54. The highest BCUT2D eigenvalue weighted by atomic mass is 14.9. The van der Waals surface area contributed by atoms with Crippen LogP contribution in [0.25, 0.3) is 0 Å². The van der Waals surface area contributed by atoms with Gasteiger partial charge in [0.25, 0.3) is 0 Å². The van der Waals surface area contributed by atoms with Crippen molar-refractivity contribution < 1.29 is 0 Å². The lowest BCUT2D eigenvalue weighted by Gasteiger charge is -2.32. The average Bonchev–Trinajstić information content (AvgIpc) is 2.85. The van der Waals surface area contributed by atoms with E-state index in [4.69, 9.17) is 0 Å². The normalized spacial score (nSPS) is 17.1. The Morgan fingerprint density at radius 3 is 2.60 bits per heavy atom. The summed E-state index contributed by atoms with van der Waals surface area (Å²) >= 11 is 0. The van der Waals surface area contributed by atoms with E-state index in [9.17, 15) is 5.26 Å². The maximum atomic E-state index is 9.25. The highest BCUT2D eigenvalue weighted by molar-refractivity contribution is 5.62. The van der Waals surface area contributed by atoms with E-state index in [2.05, 4.69) is 38.2 Å². The van der Waals surface area contributed by atoms with Crippen LogP contribution in [0.5, 0.6) is 0 Å². The molecule has 0 aromatic heterocycles. The van der Waals surface area contributed by atoms with Crippen molar-refractivity contribution in [3.8, 4) is 6.07 Å². The second kappa shape index (κ2) is 6.31. The SMILES string of the molecule is Cc1cccc(C#N)c1NCC1(CC(C)C)CCCC1. The Morgan fingerprint density at radius 1 is 1.30 bits per heavy atom. The zero-order valence-electron chi connectivity index (χ0n) is 13.0. The molecule has 0 saturated heterocycles. The van der Waals surface area contributed by atoms with Gasteiger partial charge >= 0.3 is 0 Å². The van der Waals surface area contributed by atoms with Gasteiger partial charge in [0.15, 0.2) is 0 Å². The number of benzene rings is 1. The number of nitriles is 1. The fourth-order valence-electron chi connectivity index (χ4n) is 3.72. The molecule has 0 atom stereocenters. The van der Waals surface area contributed by atoms with Gasteiger partial charge in [0, 0.05) is 6.54 Å². The molecule has 0 aliphatic heterocycles. The summed E-state index contributed by atoms with van der Waals surface area (Å²) in [5.41, 5.74) is 3.40. The zero-order valence-corrected chi connectivity index (χ0v) is 13.0. The summed E-state index contributed by atoms with van der Waals surface area (Å²) in [5, 5.41) is 12.9. The van der Waals surface area contributed by atoms with Gasteiger partial charge in [-0.3, -0.25) is 0 Å². The van der Waals surface area contributed by atoms with Crippen LogP contribution in [0.3, 0.4) is 0 Å². The van der Waals surface area contributed by atoms with Gasteiger partial charge in [-0.15, -0.1) is 0 Å². The predicted molar refractivity (Wildman–Crippen MR) is 84.7 cm³/mol. The van der Waals surface area contributed by atoms with Crippen molar-refractivity contribution in [2.45, 2.75) is 52.9 Å². The first-order valence-corrected chi connectivity index (χ1v) is 7.80. The molecule has 0 spiro atoms. The van der Waals surface area contributed by atoms with E-state index in [1.165, 1.54) is 37.7 Å². The van der Waals surface area contributed by atoms with Crippen LogP contribution in [-0.2, 0) is 0 Å². The van der Waals surface area contributed by atoms with E-state index in [-0.39, 0.29) is 0 Å². The molecule has 1 fully saturated rings. The van der Waals surface area contributed by atoms with Crippen molar-refractivity contribution in [1.29, 1.82) is 5.26 Å². The zero-order chi connectivity index (χ0) is 14.6. The fraction of sp³-hybridized carbons (Fsp3) is 0.611. The Bertz CT molecular complexity index is 491. The van der Waals surface area contributed by atoms with Gasteiger partial charge in [0.1, 0.15) is 6.07 Å². The molecule has 1 aromatic carbocycles. The molecule has 0 unspecified atom stereocenters. The minimum atomic E-state index is 0.434. The van der Waals surface area contributed by atoms with Crippen LogP contribution in [0.1, 0.15) is 57.1 Å². The first-order chi connectivity index (χ1) is 9.56. The lowest BCUT2D eigenvalue weighted by atomic mass is 9.78. The molecule has 2 rings (SSSR count). The number of aryl methyl sites for hydroxylation is 1. The fourth-order valence-corrected chi connectivity index (χ4v) is 3.72. The first-order valence-electron chi connectivity index (χ1n) is 7.80. The van der Waals surface area contributed by atoms with Crippen molar-refractivity contribution in [1.82, 2.24) is 0 Å². The Hall–Kier alpha value is -1.49. The predicted octanol–water partition coefficient (Wildman–Crippen LogP) is 4.89. The van der Waals surface area contributed by atoms with Gasteiger partial charge in [-0.05, 0) is 49.1 Å². The van der Waals surface area contributed by atoms with Gasteiger partial charge in [0.2, 0.25) is 0 Å². The van der Waals surface area contributed by atoms with Gasteiger partial charge in [0.05, 0.1) is 11.3 Å². The van der Waals surface area contributed by atoms with E-state index in [0.717, 1.165) is 23.7 Å². The van der Waals surface area contributed by atoms with Crippen molar-refractivity contribution in [3.05, 3.63) is 29.3 Å². The molecule has 0 bridgehead atoms. The van der Waals surface area contributed by atoms with E-state index in [1.54, 1.807) is 0 Å². The molecule has 0 amide bonds. The minimum Gasteiger partial charge on any atom is -0.383 e. The molecule has 20 heavy (non-hydrogen) atoms. The monoisotopic (exact) mass is 270 g/mol. The number of hydrogen-bond acceptors (Lipinski definition) is 2. The van der Waals surface area contributed by atoms with E-state index in [0.29, 0.717) is 5.41 Å². The minimum absolute atomic E-state index is 0.434. The number of anilines is 1. The molecule has 0 radical (unpaired) electrons. The Kier molecular flexibility index (Phi) is 4.70. The molecule has 1 aromatic rings. The van der Waals surface area contributed by atoms with E-state index < -0.39 is 0 Å². The summed E-state index contributed by atoms with van der Waals surface area (Å²) in [7, 11) is 0. The quantitative estimate of drug-likeness (QED) is 0.827. The van der Waals surface area contributed by atoms with Crippen LogP contribution >= 0.6 is 0 Å².